The largest absolute Gasteiger partial charge is 0.458 e. The number of esters is 1. The monoisotopic (exact) mass is 454 g/mol. The van der Waals surface area contributed by atoms with Gasteiger partial charge in [0.2, 0.25) is 5.91 Å². The van der Waals surface area contributed by atoms with Crippen LogP contribution in [0.1, 0.15) is 75.7 Å². The van der Waals surface area contributed by atoms with Crippen LogP contribution in [0.2, 0.25) is 0 Å². The molecule has 0 bridgehead atoms. The molecule has 0 saturated carbocycles. The van der Waals surface area contributed by atoms with Crippen molar-refractivity contribution in [1.29, 1.82) is 0 Å². The van der Waals surface area contributed by atoms with Gasteiger partial charge in [-0.05, 0) is 60.8 Å². The van der Waals surface area contributed by atoms with Crippen molar-refractivity contribution >= 4 is 18.0 Å². The van der Waals surface area contributed by atoms with Gasteiger partial charge in [-0.25, -0.2) is 9.59 Å². The number of aliphatic hydroxyl groups excluding tert-OH is 1. The number of hydrogen-bond donors (Lipinski definition) is 2. The van der Waals surface area contributed by atoms with Gasteiger partial charge in [0, 0.05) is 12.8 Å². The highest BCUT2D eigenvalue weighted by Gasteiger charge is 2.53. The number of aliphatic hydroxyl groups is 1. The Labute approximate surface area is 192 Å². The highest BCUT2D eigenvalue weighted by atomic mass is 16.6. The second kappa shape index (κ2) is 10.7. The molecule has 1 fully saturated rings. The fourth-order valence-corrected chi connectivity index (χ4v) is 3.97. The SMILES string of the molecule is C/C=C\[C@@H]1C[C@@H](C(=O)OC(C)(C)C)N(C(=O)OC(C)(C)C)[C@H]1C(NC(C)=O)[C@H](O)C(C)C. The van der Waals surface area contributed by atoms with Crippen molar-refractivity contribution in [3.63, 3.8) is 0 Å². The maximum absolute atomic E-state index is 13.4. The van der Waals surface area contributed by atoms with E-state index in [4.69, 9.17) is 9.47 Å². The van der Waals surface area contributed by atoms with Gasteiger partial charge in [-0.15, -0.1) is 0 Å². The molecule has 0 spiro atoms. The molecule has 0 radical (unpaired) electrons. The van der Waals surface area contributed by atoms with Crippen LogP contribution < -0.4 is 5.32 Å². The number of likely N-dealkylation sites (tertiary alicyclic amines) is 1. The summed E-state index contributed by atoms with van der Waals surface area (Å²) in [5.74, 6) is -1.37. The molecule has 1 aliphatic rings. The van der Waals surface area contributed by atoms with Crippen LogP contribution in [0.25, 0.3) is 0 Å². The lowest BCUT2D eigenvalue weighted by Crippen LogP contribution is -2.61. The Hall–Kier alpha value is -2.09. The summed E-state index contributed by atoms with van der Waals surface area (Å²) in [6.45, 7) is 17.4. The zero-order valence-corrected chi connectivity index (χ0v) is 21.3. The molecule has 2 amide bonds. The number of nitrogens with one attached hydrogen (secondary N) is 1. The van der Waals surface area contributed by atoms with Crippen molar-refractivity contribution in [3.05, 3.63) is 12.2 Å². The maximum Gasteiger partial charge on any atom is 0.411 e. The van der Waals surface area contributed by atoms with E-state index in [1.807, 2.05) is 32.9 Å². The van der Waals surface area contributed by atoms with E-state index in [-0.39, 0.29) is 17.7 Å². The van der Waals surface area contributed by atoms with Crippen LogP contribution >= 0.6 is 0 Å². The minimum absolute atomic E-state index is 0.195. The average Bonchev–Trinajstić information content (AvgIpc) is 2.95. The van der Waals surface area contributed by atoms with Gasteiger partial charge < -0.3 is 19.9 Å². The Balaban J connectivity index is 3.59. The standard InChI is InChI=1S/C24H42N2O6/c1-11-12-16-13-17(21(29)31-23(5,6)7)26(22(30)32-24(8,9)10)19(16)18(25-15(4)27)20(28)14(2)3/h11-12,14,16-20,28H,13H2,1-10H3,(H,25,27)/b12-11-/t16-,17+,18?,19-,20-/m1/s1. The summed E-state index contributed by atoms with van der Waals surface area (Å²) in [4.78, 5) is 39.9. The van der Waals surface area contributed by atoms with Gasteiger partial charge >= 0.3 is 12.1 Å². The molecule has 0 aromatic carbocycles. The minimum atomic E-state index is -0.945. The lowest BCUT2D eigenvalue weighted by atomic mass is 9.86. The molecule has 0 aliphatic carbocycles. The molecule has 8 heteroatoms. The highest BCUT2D eigenvalue weighted by Crippen LogP contribution is 2.37. The summed E-state index contributed by atoms with van der Waals surface area (Å²) in [6.07, 6.45) is 2.41. The van der Waals surface area contributed by atoms with Gasteiger partial charge in [-0.3, -0.25) is 9.69 Å². The van der Waals surface area contributed by atoms with Crippen LogP contribution in [0, 0.1) is 11.8 Å². The van der Waals surface area contributed by atoms with Gasteiger partial charge in [0.25, 0.3) is 0 Å². The Morgan fingerprint density at radius 1 is 1.06 bits per heavy atom. The third-order valence-electron chi connectivity index (χ3n) is 5.10. The number of ether oxygens (including phenoxy) is 2. The molecule has 1 heterocycles. The predicted octanol–water partition coefficient (Wildman–Crippen LogP) is 3.42. The second-order valence-corrected chi connectivity index (χ2v) is 10.8. The molecular weight excluding hydrogens is 412 g/mol. The first-order valence-electron chi connectivity index (χ1n) is 11.3. The quantitative estimate of drug-likeness (QED) is 0.471. The summed E-state index contributed by atoms with van der Waals surface area (Å²) < 4.78 is 11.3. The summed E-state index contributed by atoms with van der Waals surface area (Å²) in [5, 5.41) is 13.8. The molecule has 1 rings (SSSR count). The fourth-order valence-electron chi connectivity index (χ4n) is 3.97. The van der Waals surface area contributed by atoms with Crippen LogP contribution in [0.4, 0.5) is 4.79 Å². The summed E-state index contributed by atoms with van der Waals surface area (Å²) in [5.41, 5.74) is -1.53. The Morgan fingerprint density at radius 3 is 2.00 bits per heavy atom. The second-order valence-electron chi connectivity index (χ2n) is 10.8. The Bertz CT molecular complexity index is 704. The number of nitrogens with zero attached hydrogens (tertiary/aromatic N) is 1. The van der Waals surface area contributed by atoms with Crippen LogP contribution in [0.5, 0.6) is 0 Å². The van der Waals surface area contributed by atoms with Crippen molar-refractivity contribution in [1.82, 2.24) is 10.2 Å². The number of carbonyl (C=O) groups is 3. The van der Waals surface area contributed by atoms with E-state index >= 15 is 0 Å². The molecular formula is C24H42N2O6. The van der Waals surface area contributed by atoms with Crippen molar-refractivity contribution in [2.45, 2.75) is 111 Å². The zero-order valence-electron chi connectivity index (χ0n) is 21.3. The highest BCUT2D eigenvalue weighted by molar-refractivity contribution is 5.83. The fraction of sp³-hybridized carbons (Fsp3) is 0.792. The van der Waals surface area contributed by atoms with Crippen LogP contribution in [-0.2, 0) is 19.1 Å². The van der Waals surface area contributed by atoms with Gasteiger partial charge in [0.15, 0.2) is 0 Å². The van der Waals surface area contributed by atoms with Crippen molar-refractivity contribution < 1.29 is 29.0 Å². The molecule has 2 N–H and O–H groups in total. The number of hydrogen-bond acceptors (Lipinski definition) is 6. The number of allylic oxidation sites excluding steroid dienone is 1. The zero-order chi connectivity index (χ0) is 25.0. The molecule has 0 aromatic heterocycles. The molecule has 8 nitrogen and oxygen atoms in total. The van der Waals surface area contributed by atoms with E-state index in [1.54, 1.807) is 41.5 Å². The van der Waals surface area contributed by atoms with Crippen LogP contribution in [-0.4, -0.2) is 63.4 Å². The van der Waals surface area contributed by atoms with Crippen molar-refractivity contribution in [3.8, 4) is 0 Å². The normalized spacial score (nSPS) is 23.9. The molecule has 5 atom stereocenters. The van der Waals surface area contributed by atoms with E-state index in [1.165, 1.54) is 11.8 Å². The number of carbonyl (C=O) groups excluding carboxylic acids is 3. The first-order valence-corrected chi connectivity index (χ1v) is 11.3. The first kappa shape index (κ1) is 27.9. The van der Waals surface area contributed by atoms with E-state index < -0.39 is 47.5 Å². The third kappa shape index (κ3) is 7.80. The van der Waals surface area contributed by atoms with E-state index in [9.17, 15) is 19.5 Å². The van der Waals surface area contributed by atoms with Gasteiger partial charge in [-0.1, -0.05) is 26.0 Å². The molecule has 1 aliphatic heterocycles. The van der Waals surface area contributed by atoms with Crippen LogP contribution in [0.15, 0.2) is 12.2 Å². The van der Waals surface area contributed by atoms with E-state index in [0.29, 0.717) is 6.42 Å². The minimum Gasteiger partial charge on any atom is -0.458 e. The molecule has 184 valence electrons. The molecule has 0 aromatic rings. The van der Waals surface area contributed by atoms with Gasteiger partial charge in [0.1, 0.15) is 17.2 Å². The lowest BCUT2D eigenvalue weighted by Gasteiger charge is -2.40. The third-order valence-corrected chi connectivity index (χ3v) is 5.10. The summed E-state index contributed by atoms with van der Waals surface area (Å²) in [6, 6.07) is -2.40. The Morgan fingerprint density at radius 2 is 1.59 bits per heavy atom. The first-order chi connectivity index (χ1) is 14.5. The van der Waals surface area contributed by atoms with Gasteiger partial charge in [0.05, 0.1) is 18.2 Å². The maximum atomic E-state index is 13.4. The topological polar surface area (TPSA) is 105 Å². The number of amides is 2. The smallest absolute Gasteiger partial charge is 0.411 e. The molecule has 1 saturated heterocycles. The van der Waals surface area contributed by atoms with E-state index in [0.717, 1.165) is 0 Å². The van der Waals surface area contributed by atoms with Crippen LogP contribution in [0.3, 0.4) is 0 Å². The molecule has 32 heavy (non-hydrogen) atoms. The summed E-state index contributed by atoms with van der Waals surface area (Å²) >= 11 is 0. The van der Waals surface area contributed by atoms with Crippen molar-refractivity contribution in [2.24, 2.45) is 11.8 Å². The number of rotatable bonds is 6. The molecule has 1 unspecified atom stereocenters. The summed E-state index contributed by atoms with van der Waals surface area (Å²) in [7, 11) is 0. The lowest BCUT2D eigenvalue weighted by molar-refractivity contribution is -0.160. The average molecular weight is 455 g/mol. The Kier molecular flexibility index (Phi) is 9.33. The van der Waals surface area contributed by atoms with E-state index in [2.05, 4.69) is 5.32 Å². The van der Waals surface area contributed by atoms with Crippen molar-refractivity contribution in [2.75, 3.05) is 0 Å². The predicted molar refractivity (Wildman–Crippen MR) is 123 cm³/mol. The van der Waals surface area contributed by atoms with Gasteiger partial charge in [-0.2, -0.15) is 0 Å².